The molecule has 5 N–H and O–H groups in total. The van der Waals surface area contributed by atoms with Crippen molar-refractivity contribution in [1.29, 1.82) is 0 Å². The lowest BCUT2D eigenvalue weighted by molar-refractivity contribution is -0.140. The van der Waals surface area contributed by atoms with E-state index in [4.69, 9.17) is 5.11 Å². The van der Waals surface area contributed by atoms with E-state index in [1.807, 2.05) is 13.8 Å². The van der Waals surface area contributed by atoms with E-state index in [-0.39, 0.29) is 30.5 Å². The van der Waals surface area contributed by atoms with Crippen molar-refractivity contribution in [3.05, 3.63) is 57.9 Å². The van der Waals surface area contributed by atoms with Gasteiger partial charge in [-0.05, 0) is 36.6 Å². The summed E-state index contributed by atoms with van der Waals surface area (Å²) in [5.74, 6) is -2.18. The number of hydrogen-bond donors (Lipinski definition) is 5. The smallest absolute Gasteiger partial charge is 0.326 e. The van der Waals surface area contributed by atoms with Crippen LogP contribution in [0.2, 0.25) is 0 Å². The van der Waals surface area contributed by atoms with Crippen molar-refractivity contribution in [3.63, 3.8) is 0 Å². The Hall–Kier alpha value is -4.35. The van der Waals surface area contributed by atoms with Gasteiger partial charge in [0.25, 0.3) is 5.91 Å². The number of carbonyl (C=O) groups excluding carboxylic acids is 1. The van der Waals surface area contributed by atoms with Crippen LogP contribution in [0.1, 0.15) is 48.6 Å². The third kappa shape index (κ3) is 7.06. The minimum Gasteiger partial charge on any atom is -0.481 e. The van der Waals surface area contributed by atoms with Crippen molar-refractivity contribution < 1.29 is 24.6 Å². The first-order valence-electron chi connectivity index (χ1n) is 11.0. The molecule has 3 rings (SSSR count). The Morgan fingerprint density at radius 3 is 2.43 bits per heavy atom. The first kappa shape index (κ1) is 25.3. The number of aromatic amines is 1. The number of nitrogens with one attached hydrogen (secondary N) is 3. The van der Waals surface area contributed by atoms with E-state index in [0.717, 1.165) is 0 Å². The Labute approximate surface area is 199 Å². The fraction of sp³-hybridized carbons (Fsp3) is 0.348. The van der Waals surface area contributed by atoms with Gasteiger partial charge in [0.2, 0.25) is 0 Å². The molecule has 1 atom stereocenters. The number of carboxylic acids is 2. The first-order chi connectivity index (χ1) is 16.6. The summed E-state index contributed by atoms with van der Waals surface area (Å²) < 4.78 is 0. The van der Waals surface area contributed by atoms with Crippen molar-refractivity contribution in [2.24, 2.45) is 5.92 Å². The SMILES string of the molecule is CC(C)Cc1nc(=O)c2nc(CNc3ccc(C(=O)NC(CCC(=O)O)C(=O)O)cc3)cnc2[nH]1. The van der Waals surface area contributed by atoms with Crippen LogP contribution in [0.25, 0.3) is 11.2 Å². The molecule has 0 aliphatic heterocycles. The summed E-state index contributed by atoms with van der Waals surface area (Å²) in [6, 6.07) is 4.96. The maximum absolute atomic E-state index is 12.3. The molecule has 1 aromatic carbocycles. The molecule has 0 fully saturated rings. The van der Waals surface area contributed by atoms with Gasteiger partial charge in [0.1, 0.15) is 11.9 Å². The van der Waals surface area contributed by atoms with Crippen LogP contribution in [0.3, 0.4) is 0 Å². The predicted molar refractivity (Wildman–Crippen MR) is 126 cm³/mol. The number of hydrogen-bond acceptors (Lipinski definition) is 8. The van der Waals surface area contributed by atoms with Crippen molar-refractivity contribution in [2.75, 3.05) is 5.32 Å². The molecular formula is C23H26N6O6. The molecule has 0 aliphatic carbocycles. The minimum absolute atomic E-state index is 0.153. The molecule has 0 bridgehead atoms. The summed E-state index contributed by atoms with van der Waals surface area (Å²) in [5, 5.41) is 23.3. The Morgan fingerprint density at radius 1 is 1.09 bits per heavy atom. The van der Waals surface area contributed by atoms with Gasteiger partial charge in [-0.15, -0.1) is 0 Å². The number of amides is 1. The monoisotopic (exact) mass is 482 g/mol. The van der Waals surface area contributed by atoms with E-state index in [2.05, 4.69) is 30.6 Å². The Bertz CT molecular complexity index is 1290. The van der Waals surface area contributed by atoms with Crippen LogP contribution >= 0.6 is 0 Å². The van der Waals surface area contributed by atoms with Gasteiger partial charge in [0, 0.05) is 24.1 Å². The second-order valence-electron chi connectivity index (χ2n) is 8.37. The maximum atomic E-state index is 12.3. The normalized spacial score (nSPS) is 11.9. The molecule has 0 spiro atoms. The highest BCUT2D eigenvalue weighted by Gasteiger charge is 2.21. The van der Waals surface area contributed by atoms with Crippen LogP contribution in [0.4, 0.5) is 5.69 Å². The molecule has 0 radical (unpaired) electrons. The van der Waals surface area contributed by atoms with Gasteiger partial charge in [-0.2, -0.15) is 4.98 Å². The van der Waals surface area contributed by atoms with E-state index in [1.54, 1.807) is 18.3 Å². The number of anilines is 1. The lowest BCUT2D eigenvalue weighted by Crippen LogP contribution is -2.41. The van der Waals surface area contributed by atoms with Crippen molar-refractivity contribution in [1.82, 2.24) is 25.3 Å². The number of aliphatic carboxylic acids is 2. The van der Waals surface area contributed by atoms with Gasteiger partial charge in [-0.3, -0.25) is 14.4 Å². The third-order valence-electron chi connectivity index (χ3n) is 5.00. The van der Waals surface area contributed by atoms with E-state index >= 15 is 0 Å². The second kappa shape index (κ2) is 11.2. The average Bonchev–Trinajstić information content (AvgIpc) is 2.80. The van der Waals surface area contributed by atoms with Gasteiger partial charge in [-0.1, -0.05) is 13.8 Å². The molecule has 0 aliphatic rings. The fourth-order valence-electron chi connectivity index (χ4n) is 3.27. The van der Waals surface area contributed by atoms with Crippen LogP contribution in [0.15, 0.2) is 35.3 Å². The number of H-pyrrole nitrogens is 1. The van der Waals surface area contributed by atoms with E-state index in [0.29, 0.717) is 35.2 Å². The van der Waals surface area contributed by atoms with Crippen molar-refractivity contribution in [2.45, 2.75) is 45.7 Å². The number of aromatic nitrogens is 4. The Morgan fingerprint density at radius 2 is 1.80 bits per heavy atom. The minimum atomic E-state index is -1.31. The largest absolute Gasteiger partial charge is 0.481 e. The van der Waals surface area contributed by atoms with E-state index in [1.165, 1.54) is 12.1 Å². The molecule has 2 aromatic heterocycles. The van der Waals surface area contributed by atoms with Gasteiger partial charge in [0.15, 0.2) is 11.2 Å². The van der Waals surface area contributed by atoms with Crippen LogP contribution in [-0.4, -0.2) is 54.0 Å². The second-order valence-corrected chi connectivity index (χ2v) is 8.37. The maximum Gasteiger partial charge on any atom is 0.326 e. The van der Waals surface area contributed by atoms with Gasteiger partial charge in [-0.25, -0.2) is 14.8 Å². The highest BCUT2D eigenvalue weighted by atomic mass is 16.4. The number of benzene rings is 1. The highest BCUT2D eigenvalue weighted by molar-refractivity contribution is 5.96. The highest BCUT2D eigenvalue weighted by Crippen LogP contribution is 2.12. The molecule has 0 saturated heterocycles. The number of carbonyl (C=O) groups is 3. The molecular weight excluding hydrogens is 456 g/mol. The lowest BCUT2D eigenvalue weighted by Gasteiger charge is -2.14. The van der Waals surface area contributed by atoms with Crippen LogP contribution in [0.5, 0.6) is 0 Å². The Balaban J connectivity index is 1.63. The zero-order chi connectivity index (χ0) is 25.5. The van der Waals surface area contributed by atoms with Gasteiger partial charge >= 0.3 is 17.5 Å². The van der Waals surface area contributed by atoms with Crippen LogP contribution in [0, 0.1) is 5.92 Å². The summed E-state index contributed by atoms with van der Waals surface area (Å²) in [6.07, 6.45) is 1.58. The van der Waals surface area contributed by atoms with Gasteiger partial charge in [0.05, 0.1) is 18.4 Å². The number of fused-ring (bicyclic) bond motifs is 1. The fourth-order valence-corrected chi connectivity index (χ4v) is 3.27. The van der Waals surface area contributed by atoms with Gasteiger partial charge < -0.3 is 25.8 Å². The first-order valence-corrected chi connectivity index (χ1v) is 11.0. The number of nitrogens with zero attached hydrogens (tertiary/aromatic N) is 3. The summed E-state index contributed by atoms with van der Waals surface area (Å²) in [6.45, 7) is 4.32. The molecule has 2 heterocycles. The summed E-state index contributed by atoms with van der Waals surface area (Å²) in [5.41, 5.74) is 1.48. The van der Waals surface area contributed by atoms with Crippen LogP contribution in [-0.2, 0) is 22.6 Å². The quantitative estimate of drug-likeness (QED) is 0.268. The van der Waals surface area contributed by atoms with Crippen LogP contribution < -0.4 is 16.2 Å². The number of carboxylic acid groups (broad SMARTS) is 2. The zero-order valence-electron chi connectivity index (χ0n) is 19.2. The third-order valence-corrected chi connectivity index (χ3v) is 5.00. The Kier molecular flexibility index (Phi) is 8.08. The molecule has 3 aromatic rings. The molecule has 1 unspecified atom stereocenters. The molecule has 12 heteroatoms. The topological polar surface area (TPSA) is 187 Å². The van der Waals surface area contributed by atoms with E-state index in [9.17, 15) is 24.3 Å². The predicted octanol–water partition coefficient (Wildman–Crippen LogP) is 1.57. The zero-order valence-corrected chi connectivity index (χ0v) is 19.2. The van der Waals surface area contributed by atoms with E-state index < -0.39 is 29.4 Å². The summed E-state index contributed by atoms with van der Waals surface area (Å²) in [7, 11) is 0. The number of rotatable bonds is 11. The molecule has 35 heavy (non-hydrogen) atoms. The van der Waals surface area contributed by atoms with Crippen molar-refractivity contribution in [3.8, 4) is 0 Å². The summed E-state index contributed by atoms with van der Waals surface area (Å²) >= 11 is 0. The lowest BCUT2D eigenvalue weighted by atomic mass is 10.1. The average molecular weight is 482 g/mol. The molecule has 12 nitrogen and oxygen atoms in total. The molecule has 1 amide bonds. The molecule has 184 valence electrons. The molecule has 0 saturated carbocycles. The summed E-state index contributed by atoms with van der Waals surface area (Å²) in [4.78, 5) is 62.3. The standard InChI is InChI=1S/C23H26N6O6/c1-12(2)9-17-28-20-19(22(33)29-17)26-15(11-25-20)10-24-14-5-3-13(4-6-14)21(32)27-16(23(34)35)7-8-18(30)31/h3-6,11-12,16,24H,7-10H2,1-2H3,(H,27,32)(H,30,31)(H,34,35)(H,25,28,29,33). The van der Waals surface area contributed by atoms with Crippen molar-refractivity contribution >= 4 is 34.7 Å².